The number of carbonyl (C=O) groups is 2. The van der Waals surface area contributed by atoms with Gasteiger partial charge in [0, 0.05) is 0 Å². The molecule has 2 atom stereocenters. The summed E-state index contributed by atoms with van der Waals surface area (Å²) in [5.41, 5.74) is -0.568. The molecule has 86 valence electrons. The van der Waals surface area contributed by atoms with E-state index in [0.29, 0.717) is 12.8 Å². The van der Waals surface area contributed by atoms with Crippen LogP contribution in [0.3, 0.4) is 0 Å². The Hall–Kier alpha value is -1.10. The molecule has 0 aromatic heterocycles. The zero-order chi connectivity index (χ0) is 11.6. The van der Waals surface area contributed by atoms with Gasteiger partial charge in [-0.1, -0.05) is 0 Å². The second kappa shape index (κ2) is 4.18. The number of ether oxygens (including phenoxy) is 2. The first-order valence-corrected chi connectivity index (χ1v) is 4.91. The smallest absolute Gasteiger partial charge is 0.335 e. The molecule has 1 aliphatic rings. The average molecular weight is 216 g/mol. The van der Waals surface area contributed by atoms with Crippen molar-refractivity contribution >= 4 is 11.9 Å². The van der Waals surface area contributed by atoms with Crippen molar-refractivity contribution in [1.82, 2.24) is 0 Å². The second-order valence-corrected chi connectivity index (χ2v) is 4.56. The minimum Gasteiger partial charge on any atom is -0.479 e. The van der Waals surface area contributed by atoms with Crippen LogP contribution >= 0.6 is 0 Å². The van der Waals surface area contributed by atoms with Crippen molar-refractivity contribution in [3.63, 3.8) is 0 Å². The van der Waals surface area contributed by atoms with Gasteiger partial charge in [-0.2, -0.15) is 0 Å². The Bertz CT molecular complexity index is 265. The highest BCUT2D eigenvalue weighted by Gasteiger charge is 2.36. The van der Waals surface area contributed by atoms with Crippen LogP contribution in [0.25, 0.3) is 0 Å². The number of carbonyl (C=O) groups excluding carboxylic acids is 1. The highest BCUT2D eigenvalue weighted by molar-refractivity contribution is 5.78. The van der Waals surface area contributed by atoms with Gasteiger partial charge in [-0.25, -0.2) is 9.59 Å². The summed E-state index contributed by atoms with van der Waals surface area (Å²) in [6.45, 7) is 5.28. The Balaban J connectivity index is 2.47. The number of carboxylic acids is 1. The highest BCUT2D eigenvalue weighted by atomic mass is 16.6. The van der Waals surface area contributed by atoms with Crippen LogP contribution in [-0.4, -0.2) is 34.9 Å². The molecule has 0 radical (unpaired) electrons. The second-order valence-electron chi connectivity index (χ2n) is 4.56. The lowest BCUT2D eigenvalue weighted by atomic mass is 10.1. The van der Waals surface area contributed by atoms with Crippen LogP contribution in [0.4, 0.5) is 0 Å². The predicted molar refractivity (Wildman–Crippen MR) is 51.4 cm³/mol. The molecule has 0 aliphatic carbocycles. The molecule has 1 rings (SSSR count). The van der Waals surface area contributed by atoms with E-state index in [1.54, 1.807) is 20.8 Å². The van der Waals surface area contributed by atoms with Crippen LogP contribution in [-0.2, 0) is 19.1 Å². The van der Waals surface area contributed by atoms with E-state index in [1.165, 1.54) is 0 Å². The minimum absolute atomic E-state index is 0.360. The van der Waals surface area contributed by atoms with Crippen molar-refractivity contribution in [3.05, 3.63) is 0 Å². The van der Waals surface area contributed by atoms with E-state index in [9.17, 15) is 9.59 Å². The van der Waals surface area contributed by atoms with Crippen molar-refractivity contribution in [2.75, 3.05) is 0 Å². The maximum Gasteiger partial charge on any atom is 0.335 e. The fourth-order valence-corrected chi connectivity index (χ4v) is 1.36. The Kier molecular flexibility index (Phi) is 3.34. The molecular weight excluding hydrogens is 200 g/mol. The largest absolute Gasteiger partial charge is 0.479 e. The molecule has 15 heavy (non-hydrogen) atoms. The number of hydrogen-bond acceptors (Lipinski definition) is 4. The Morgan fingerprint density at radius 2 is 1.80 bits per heavy atom. The van der Waals surface area contributed by atoms with Gasteiger partial charge in [0.25, 0.3) is 0 Å². The van der Waals surface area contributed by atoms with Crippen LogP contribution < -0.4 is 0 Å². The summed E-state index contributed by atoms with van der Waals surface area (Å²) in [5.74, 6) is -1.51. The number of esters is 1. The molecule has 1 saturated heterocycles. The quantitative estimate of drug-likeness (QED) is 0.696. The summed E-state index contributed by atoms with van der Waals surface area (Å²) in [7, 11) is 0. The molecule has 2 unspecified atom stereocenters. The SMILES string of the molecule is CC(C)(C)OC(=O)C1CCC(C(=O)O)O1. The van der Waals surface area contributed by atoms with E-state index in [4.69, 9.17) is 14.6 Å². The van der Waals surface area contributed by atoms with Crippen molar-refractivity contribution in [2.45, 2.75) is 51.4 Å². The highest BCUT2D eigenvalue weighted by Crippen LogP contribution is 2.22. The van der Waals surface area contributed by atoms with Crippen LogP contribution in [0, 0.1) is 0 Å². The third-order valence-corrected chi connectivity index (χ3v) is 1.96. The molecular formula is C10H16O5. The van der Waals surface area contributed by atoms with E-state index in [1.807, 2.05) is 0 Å². The summed E-state index contributed by atoms with van der Waals surface area (Å²) in [4.78, 5) is 22.1. The van der Waals surface area contributed by atoms with Gasteiger partial charge < -0.3 is 14.6 Å². The molecule has 1 aliphatic heterocycles. The lowest BCUT2D eigenvalue weighted by Crippen LogP contribution is -2.32. The number of aliphatic carboxylic acids is 1. The van der Waals surface area contributed by atoms with E-state index in [0.717, 1.165) is 0 Å². The molecule has 0 bridgehead atoms. The summed E-state index contributed by atoms with van der Waals surface area (Å²) in [6.07, 6.45) is -0.835. The zero-order valence-corrected chi connectivity index (χ0v) is 9.15. The standard InChI is InChI=1S/C10H16O5/c1-10(2,3)15-9(13)7-5-4-6(14-7)8(11)12/h6-7H,4-5H2,1-3H3,(H,11,12). The van der Waals surface area contributed by atoms with Gasteiger partial charge in [0.05, 0.1) is 0 Å². The first kappa shape index (κ1) is 12.0. The third-order valence-electron chi connectivity index (χ3n) is 1.96. The molecule has 5 nitrogen and oxygen atoms in total. The van der Waals surface area contributed by atoms with Gasteiger partial charge in [-0.15, -0.1) is 0 Å². The van der Waals surface area contributed by atoms with Crippen LogP contribution in [0.15, 0.2) is 0 Å². The number of carboxylic acid groups (broad SMARTS) is 1. The van der Waals surface area contributed by atoms with Crippen LogP contribution in [0.2, 0.25) is 0 Å². The molecule has 0 saturated carbocycles. The third kappa shape index (κ3) is 3.51. The normalized spacial score (nSPS) is 26.3. The Labute approximate surface area is 88.4 Å². The molecule has 1 fully saturated rings. The topological polar surface area (TPSA) is 72.8 Å². The molecule has 0 spiro atoms. The van der Waals surface area contributed by atoms with E-state index in [2.05, 4.69) is 0 Å². The molecule has 1 heterocycles. The maximum atomic E-state index is 11.5. The monoisotopic (exact) mass is 216 g/mol. The van der Waals surface area contributed by atoms with E-state index >= 15 is 0 Å². The van der Waals surface area contributed by atoms with Gasteiger partial charge in [0.2, 0.25) is 0 Å². The lowest BCUT2D eigenvalue weighted by molar-refractivity contribution is -0.170. The summed E-state index contributed by atoms with van der Waals surface area (Å²) < 4.78 is 10.1. The average Bonchev–Trinajstić information content (AvgIpc) is 2.47. The fraction of sp³-hybridized carbons (Fsp3) is 0.800. The molecule has 5 heteroatoms. The Morgan fingerprint density at radius 1 is 1.27 bits per heavy atom. The van der Waals surface area contributed by atoms with Gasteiger partial charge in [-0.3, -0.25) is 0 Å². The van der Waals surface area contributed by atoms with Gasteiger partial charge in [0.15, 0.2) is 12.2 Å². The minimum atomic E-state index is -1.03. The van der Waals surface area contributed by atoms with Gasteiger partial charge in [0.1, 0.15) is 5.60 Å². The number of hydrogen-bond donors (Lipinski definition) is 1. The first-order valence-electron chi connectivity index (χ1n) is 4.91. The first-order chi connectivity index (χ1) is 6.79. The Morgan fingerprint density at radius 3 is 2.20 bits per heavy atom. The van der Waals surface area contributed by atoms with E-state index < -0.39 is 29.7 Å². The predicted octanol–water partition coefficient (Wildman–Crippen LogP) is 0.960. The number of rotatable bonds is 2. The molecule has 1 N–H and O–H groups in total. The van der Waals surface area contributed by atoms with Crippen molar-refractivity contribution in [3.8, 4) is 0 Å². The lowest BCUT2D eigenvalue weighted by Gasteiger charge is -2.21. The maximum absolute atomic E-state index is 11.5. The molecule has 0 aromatic carbocycles. The van der Waals surface area contributed by atoms with Crippen LogP contribution in [0.1, 0.15) is 33.6 Å². The summed E-state index contributed by atoms with van der Waals surface area (Å²) >= 11 is 0. The van der Waals surface area contributed by atoms with E-state index in [-0.39, 0.29) is 0 Å². The van der Waals surface area contributed by atoms with Gasteiger partial charge in [-0.05, 0) is 33.6 Å². The van der Waals surface area contributed by atoms with Crippen molar-refractivity contribution < 1.29 is 24.2 Å². The molecule has 0 amide bonds. The zero-order valence-electron chi connectivity index (χ0n) is 9.15. The van der Waals surface area contributed by atoms with Crippen molar-refractivity contribution in [1.29, 1.82) is 0 Å². The van der Waals surface area contributed by atoms with Crippen molar-refractivity contribution in [2.24, 2.45) is 0 Å². The fourth-order valence-electron chi connectivity index (χ4n) is 1.36. The van der Waals surface area contributed by atoms with Crippen LogP contribution in [0.5, 0.6) is 0 Å². The molecule has 0 aromatic rings. The summed E-state index contributed by atoms with van der Waals surface area (Å²) in [5, 5.41) is 8.67. The summed E-state index contributed by atoms with van der Waals surface area (Å²) in [6, 6.07) is 0. The van der Waals surface area contributed by atoms with Gasteiger partial charge >= 0.3 is 11.9 Å².